The summed E-state index contributed by atoms with van der Waals surface area (Å²) in [5, 5.41) is 2.76. The number of carbonyl (C=O) groups excluding carboxylic acids is 2. The lowest BCUT2D eigenvalue weighted by Gasteiger charge is -2.21. The molecule has 1 aliphatic rings. The van der Waals surface area contributed by atoms with Crippen LogP contribution in [-0.2, 0) is 20.7 Å². The van der Waals surface area contributed by atoms with Crippen molar-refractivity contribution in [1.29, 1.82) is 0 Å². The Labute approximate surface area is 217 Å². The van der Waals surface area contributed by atoms with Gasteiger partial charge in [0.2, 0.25) is 0 Å². The molecule has 1 amide bonds. The fraction of sp³-hybridized carbons (Fsp3) is 0.188. The molecule has 0 unspecified atom stereocenters. The van der Waals surface area contributed by atoms with Crippen molar-refractivity contribution in [2.75, 3.05) is 6.61 Å². The Kier molecular flexibility index (Phi) is 7.31. The maximum atomic E-state index is 13.2. The average molecular weight is 492 g/mol. The lowest BCUT2D eigenvalue weighted by Crippen LogP contribution is -2.44. The molecule has 4 aromatic carbocycles. The molecule has 37 heavy (non-hydrogen) atoms. The first kappa shape index (κ1) is 24.3. The van der Waals surface area contributed by atoms with Crippen LogP contribution < -0.4 is 5.32 Å². The van der Waals surface area contributed by atoms with Gasteiger partial charge in [-0.2, -0.15) is 0 Å². The monoisotopic (exact) mass is 491 g/mol. The molecule has 0 radical (unpaired) electrons. The van der Waals surface area contributed by atoms with Crippen molar-refractivity contribution >= 4 is 12.1 Å². The summed E-state index contributed by atoms with van der Waals surface area (Å²) in [6.07, 6.45) is -0.797. The largest absolute Gasteiger partial charge is 0.456 e. The number of hydrogen-bond donors (Lipinski definition) is 1. The third kappa shape index (κ3) is 5.56. The number of fused-ring (bicyclic) bond motifs is 3. The van der Waals surface area contributed by atoms with Crippen LogP contribution in [0.4, 0.5) is 4.79 Å². The molecule has 1 N–H and O–H groups in total. The summed E-state index contributed by atoms with van der Waals surface area (Å²) in [5.41, 5.74) is 6.38. The van der Waals surface area contributed by atoms with Crippen molar-refractivity contribution in [2.24, 2.45) is 0 Å². The zero-order valence-corrected chi connectivity index (χ0v) is 20.7. The molecular formula is C32H29NO4. The topological polar surface area (TPSA) is 64.6 Å². The van der Waals surface area contributed by atoms with Crippen LogP contribution in [0, 0.1) is 0 Å². The van der Waals surface area contributed by atoms with E-state index in [0.717, 1.165) is 33.4 Å². The Morgan fingerprint density at radius 3 is 1.92 bits per heavy atom. The fourth-order valence-electron chi connectivity index (χ4n) is 4.87. The van der Waals surface area contributed by atoms with Crippen LogP contribution >= 0.6 is 0 Å². The molecule has 0 saturated heterocycles. The number of nitrogens with one attached hydrogen (secondary N) is 1. The normalized spacial score (nSPS) is 13.6. The summed E-state index contributed by atoms with van der Waals surface area (Å²) in [6.45, 7) is 1.99. The smallest absolute Gasteiger partial charge is 0.407 e. The second-order valence-electron chi connectivity index (χ2n) is 9.20. The molecule has 1 aliphatic carbocycles. The van der Waals surface area contributed by atoms with E-state index >= 15 is 0 Å². The second-order valence-corrected chi connectivity index (χ2v) is 9.20. The highest BCUT2D eigenvalue weighted by Crippen LogP contribution is 2.44. The van der Waals surface area contributed by atoms with Gasteiger partial charge < -0.3 is 14.8 Å². The molecule has 0 fully saturated rings. The van der Waals surface area contributed by atoms with E-state index in [1.54, 1.807) is 0 Å². The quantitative estimate of drug-likeness (QED) is 0.288. The van der Waals surface area contributed by atoms with Gasteiger partial charge in [-0.3, -0.25) is 0 Å². The number of carbonyl (C=O) groups is 2. The molecule has 186 valence electrons. The van der Waals surface area contributed by atoms with Crippen molar-refractivity contribution in [3.8, 4) is 11.1 Å². The molecule has 5 rings (SSSR count). The van der Waals surface area contributed by atoms with E-state index < -0.39 is 24.2 Å². The number of amides is 1. The van der Waals surface area contributed by atoms with Gasteiger partial charge in [0.15, 0.2) is 0 Å². The van der Waals surface area contributed by atoms with Gasteiger partial charge in [-0.05, 0) is 40.3 Å². The molecular weight excluding hydrogens is 462 g/mol. The van der Waals surface area contributed by atoms with Crippen molar-refractivity contribution < 1.29 is 19.1 Å². The van der Waals surface area contributed by atoms with Gasteiger partial charge in [0.05, 0.1) is 0 Å². The van der Waals surface area contributed by atoms with Crippen LogP contribution in [0.3, 0.4) is 0 Å². The average Bonchev–Trinajstić information content (AvgIpc) is 3.26. The molecule has 0 aromatic heterocycles. The van der Waals surface area contributed by atoms with Crippen molar-refractivity contribution in [1.82, 2.24) is 5.32 Å². The lowest BCUT2D eigenvalue weighted by molar-refractivity contribution is -0.151. The van der Waals surface area contributed by atoms with Crippen molar-refractivity contribution in [2.45, 2.75) is 31.4 Å². The van der Waals surface area contributed by atoms with Crippen molar-refractivity contribution in [3.05, 3.63) is 131 Å². The molecule has 0 bridgehead atoms. The van der Waals surface area contributed by atoms with E-state index in [4.69, 9.17) is 9.47 Å². The van der Waals surface area contributed by atoms with E-state index in [1.807, 2.05) is 91.9 Å². The molecule has 0 spiro atoms. The minimum Gasteiger partial charge on any atom is -0.456 e. The first-order valence-corrected chi connectivity index (χ1v) is 12.5. The summed E-state index contributed by atoms with van der Waals surface area (Å²) in [4.78, 5) is 26.1. The zero-order valence-electron chi connectivity index (χ0n) is 20.7. The standard InChI is InChI=1S/C32H29NO4/c1-22(24-14-6-3-7-15-24)37-31(34)30(20-23-12-4-2-5-13-23)33-32(35)36-21-29-27-18-10-8-16-25(27)26-17-9-11-19-28(26)29/h2-19,22,29-30H,20-21H2,1H3,(H,33,35)/t22-,30-/m0/s1. The van der Waals surface area contributed by atoms with E-state index in [1.165, 1.54) is 0 Å². The number of hydrogen-bond acceptors (Lipinski definition) is 4. The summed E-state index contributed by atoms with van der Waals surface area (Å²) < 4.78 is 11.4. The third-order valence-corrected chi connectivity index (χ3v) is 6.76. The van der Waals surface area contributed by atoms with Crippen LogP contribution in [0.25, 0.3) is 11.1 Å². The predicted octanol–water partition coefficient (Wildman–Crippen LogP) is 6.44. The van der Waals surface area contributed by atoms with Crippen molar-refractivity contribution in [3.63, 3.8) is 0 Å². The van der Waals surface area contributed by atoms with Crippen LogP contribution in [-0.4, -0.2) is 24.7 Å². The first-order valence-electron chi connectivity index (χ1n) is 12.5. The SMILES string of the molecule is C[C@H](OC(=O)[C@H](Cc1ccccc1)NC(=O)OCC1c2ccccc2-c2ccccc21)c1ccccc1. The van der Waals surface area contributed by atoms with E-state index in [9.17, 15) is 9.59 Å². The minimum atomic E-state index is -0.885. The van der Waals surface area contributed by atoms with E-state index in [0.29, 0.717) is 6.42 Å². The van der Waals surface area contributed by atoms with Crippen LogP contribution in [0.15, 0.2) is 109 Å². The van der Waals surface area contributed by atoms with Crippen LogP contribution in [0.5, 0.6) is 0 Å². The molecule has 4 aromatic rings. The predicted molar refractivity (Wildman–Crippen MR) is 143 cm³/mol. The second kappa shape index (κ2) is 11.1. The molecule has 0 heterocycles. The number of rotatable bonds is 8. The highest BCUT2D eigenvalue weighted by Gasteiger charge is 2.30. The summed E-state index contributed by atoms with van der Waals surface area (Å²) >= 11 is 0. The summed E-state index contributed by atoms with van der Waals surface area (Å²) in [5.74, 6) is -0.565. The van der Waals surface area contributed by atoms with Gasteiger partial charge >= 0.3 is 12.1 Å². The Balaban J connectivity index is 1.28. The van der Waals surface area contributed by atoms with Gasteiger partial charge in [-0.1, -0.05) is 109 Å². The Bertz CT molecular complexity index is 1320. The highest BCUT2D eigenvalue weighted by molar-refractivity contribution is 5.82. The lowest BCUT2D eigenvalue weighted by atomic mass is 9.98. The molecule has 2 atom stereocenters. The molecule has 5 nitrogen and oxygen atoms in total. The minimum absolute atomic E-state index is 0.0595. The Morgan fingerprint density at radius 1 is 0.757 bits per heavy atom. The number of ether oxygens (including phenoxy) is 2. The Hall–Kier alpha value is -4.38. The zero-order chi connectivity index (χ0) is 25.6. The molecule has 5 heteroatoms. The maximum Gasteiger partial charge on any atom is 0.407 e. The summed E-state index contributed by atoms with van der Waals surface area (Å²) in [7, 11) is 0. The third-order valence-electron chi connectivity index (χ3n) is 6.76. The highest BCUT2D eigenvalue weighted by atomic mass is 16.6. The number of alkyl carbamates (subject to hydrolysis) is 1. The number of esters is 1. The van der Waals surface area contributed by atoms with Crippen LogP contribution in [0.1, 0.15) is 41.2 Å². The maximum absolute atomic E-state index is 13.2. The summed E-state index contributed by atoms with van der Waals surface area (Å²) in [6, 6.07) is 34.5. The van der Waals surface area contributed by atoms with E-state index in [-0.39, 0.29) is 12.5 Å². The van der Waals surface area contributed by atoms with Gasteiger partial charge in [0.25, 0.3) is 0 Å². The number of benzene rings is 4. The van der Waals surface area contributed by atoms with Gasteiger partial charge in [0, 0.05) is 12.3 Å². The van der Waals surface area contributed by atoms with E-state index in [2.05, 4.69) is 29.6 Å². The fourth-order valence-corrected chi connectivity index (χ4v) is 4.87. The van der Waals surface area contributed by atoms with Crippen LogP contribution in [0.2, 0.25) is 0 Å². The Morgan fingerprint density at radius 2 is 1.30 bits per heavy atom. The first-order chi connectivity index (χ1) is 18.1. The van der Waals surface area contributed by atoms with Gasteiger partial charge in [-0.15, -0.1) is 0 Å². The van der Waals surface area contributed by atoms with Gasteiger partial charge in [0.1, 0.15) is 18.8 Å². The van der Waals surface area contributed by atoms with Gasteiger partial charge in [-0.25, -0.2) is 9.59 Å². The molecule has 0 saturated carbocycles. The molecule has 0 aliphatic heterocycles.